The number of carboxylic acids is 1. The molecular formula is C10H16O2. The summed E-state index contributed by atoms with van der Waals surface area (Å²) in [5.41, 5.74) is 2.48. The molecule has 0 aromatic carbocycles. The van der Waals surface area contributed by atoms with Gasteiger partial charge in [-0.1, -0.05) is 17.6 Å². The van der Waals surface area contributed by atoms with Gasteiger partial charge < -0.3 is 5.11 Å². The smallest absolute Gasteiger partial charge is 0.307 e. The Bertz CT molecular complexity index is 196. The second-order valence-corrected chi connectivity index (χ2v) is 3.52. The molecule has 0 atom stereocenters. The summed E-state index contributed by atoms with van der Waals surface area (Å²) in [4.78, 5) is 10.4. The van der Waals surface area contributed by atoms with Crippen LogP contribution in [0.3, 0.4) is 0 Å². The Morgan fingerprint density at radius 3 is 2.42 bits per heavy atom. The fraction of sp³-hybridized carbons (Fsp3) is 0.700. The maximum Gasteiger partial charge on any atom is 0.307 e. The highest BCUT2D eigenvalue weighted by atomic mass is 16.4. The SMILES string of the molecule is CC(CC(=O)O)=C1CCCCC1. The highest BCUT2D eigenvalue weighted by molar-refractivity contribution is 5.70. The van der Waals surface area contributed by atoms with Crippen molar-refractivity contribution in [2.24, 2.45) is 0 Å². The molecule has 1 aliphatic carbocycles. The second kappa shape index (κ2) is 4.29. The molecule has 0 spiro atoms. The van der Waals surface area contributed by atoms with E-state index in [1.165, 1.54) is 24.8 Å². The van der Waals surface area contributed by atoms with Gasteiger partial charge in [-0.15, -0.1) is 0 Å². The molecule has 1 rings (SSSR count). The molecule has 0 radical (unpaired) electrons. The van der Waals surface area contributed by atoms with Gasteiger partial charge >= 0.3 is 5.97 Å². The zero-order chi connectivity index (χ0) is 8.97. The summed E-state index contributed by atoms with van der Waals surface area (Å²) < 4.78 is 0. The lowest BCUT2D eigenvalue weighted by Crippen LogP contribution is -2.01. The zero-order valence-corrected chi connectivity index (χ0v) is 7.60. The standard InChI is InChI=1S/C10H16O2/c1-8(7-10(11)12)9-5-3-2-4-6-9/h2-7H2,1H3,(H,11,12). The zero-order valence-electron chi connectivity index (χ0n) is 7.60. The fourth-order valence-electron chi connectivity index (χ4n) is 1.76. The van der Waals surface area contributed by atoms with E-state index in [1.54, 1.807) is 0 Å². The molecule has 0 unspecified atom stereocenters. The fourth-order valence-corrected chi connectivity index (χ4v) is 1.76. The van der Waals surface area contributed by atoms with E-state index in [0.717, 1.165) is 18.4 Å². The van der Waals surface area contributed by atoms with Gasteiger partial charge in [-0.3, -0.25) is 4.79 Å². The molecule has 0 amide bonds. The van der Waals surface area contributed by atoms with Crippen molar-refractivity contribution >= 4 is 5.97 Å². The van der Waals surface area contributed by atoms with Crippen LogP contribution in [-0.4, -0.2) is 11.1 Å². The second-order valence-electron chi connectivity index (χ2n) is 3.52. The third-order valence-corrected chi connectivity index (χ3v) is 2.48. The number of hydrogen-bond acceptors (Lipinski definition) is 1. The van der Waals surface area contributed by atoms with Crippen LogP contribution in [0.15, 0.2) is 11.1 Å². The molecule has 2 nitrogen and oxygen atoms in total. The number of rotatable bonds is 2. The third kappa shape index (κ3) is 2.68. The van der Waals surface area contributed by atoms with Gasteiger partial charge in [0.15, 0.2) is 0 Å². The summed E-state index contributed by atoms with van der Waals surface area (Å²) in [6.45, 7) is 1.95. The van der Waals surface area contributed by atoms with Gasteiger partial charge in [-0.2, -0.15) is 0 Å². The summed E-state index contributed by atoms with van der Waals surface area (Å²) >= 11 is 0. The molecule has 1 fully saturated rings. The van der Waals surface area contributed by atoms with Crippen molar-refractivity contribution < 1.29 is 9.90 Å². The molecule has 68 valence electrons. The van der Waals surface area contributed by atoms with Crippen LogP contribution in [-0.2, 0) is 4.79 Å². The summed E-state index contributed by atoms with van der Waals surface area (Å²) in [6.07, 6.45) is 6.27. The monoisotopic (exact) mass is 168 g/mol. The van der Waals surface area contributed by atoms with E-state index in [4.69, 9.17) is 5.11 Å². The third-order valence-electron chi connectivity index (χ3n) is 2.48. The topological polar surface area (TPSA) is 37.3 Å². The van der Waals surface area contributed by atoms with E-state index < -0.39 is 5.97 Å². The summed E-state index contributed by atoms with van der Waals surface area (Å²) in [5.74, 6) is -0.703. The van der Waals surface area contributed by atoms with Crippen LogP contribution in [0.2, 0.25) is 0 Å². The Hall–Kier alpha value is -0.790. The summed E-state index contributed by atoms with van der Waals surface area (Å²) in [6, 6.07) is 0. The van der Waals surface area contributed by atoms with Crippen LogP contribution in [0.4, 0.5) is 0 Å². The molecule has 12 heavy (non-hydrogen) atoms. The van der Waals surface area contributed by atoms with Gasteiger partial charge in [-0.25, -0.2) is 0 Å². The maximum absolute atomic E-state index is 10.4. The number of carbonyl (C=O) groups is 1. The number of hydrogen-bond donors (Lipinski definition) is 1. The number of aliphatic carboxylic acids is 1. The van der Waals surface area contributed by atoms with Crippen molar-refractivity contribution in [1.82, 2.24) is 0 Å². The summed E-state index contributed by atoms with van der Waals surface area (Å²) in [7, 11) is 0. The van der Waals surface area contributed by atoms with E-state index in [2.05, 4.69) is 0 Å². The van der Waals surface area contributed by atoms with Gasteiger partial charge in [-0.05, 0) is 32.6 Å². The molecule has 1 N–H and O–H groups in total. The van der Waals surface area contributed by atoms with Crippen LogP contribution in [0.5, 0.6) is 0 Å². The predicted octanol–water partition coefficient (Wildman–Crippen LogP) is 2.74. The molecule has 0 saturated heterocycles. The van der Waals surface area contributed by atoms with E-state index in [-0.39, 0.29) is 6.42 Å². The molecule has 2 heteroatoms. The summed E-state index contributed by atoms with van der Waals surface area (Å²) in [5, 5.41) is 8.58. The first kappa shape index (κ1) is 9.30. The number of carboxylic acid groups (broad SMARTS) is 1. The van der Waals surface area contributed by atoms with E-state index in [1.807, 2.05) is 6.92 Å². The minimum Gasteiger partial charge on any atom is -0.481 e. The lowest BCUT2D eigenvalue weighted by molar-refractivity contribution is -0.136. The van der Waals surface area contributed by atoms with Crippen molar-refractivity contribution in [3.05, 3.63) is 11.1 Å². The highest BCUT2D eigenvalue weighted by Crippen LogP contribution is 2.26. The Labute approximate surface area is 73.3 Å². The average molecular weight is 168 g/mol. The lowest BCUT2D eigenvalue weighted by atomic mass is 9.90. The molecule has 1 aliphatic rings. The molecule has 0 heterocycles. The van der Waals surface area contributed by atoms with Crippen LogP contribution < -0.4 is 0 Å². The van der Waals surface area contributed by atoms with Crippen molar-refractivity contribution in [1.29, 1.82) is 0 Å². The van der Waals surface area contributed by atoms with Crippen LogP contribution in [0.1, 0.15) is 45.4 Å². The largest absolute Gasteiger partial charge is 0.481 e. The van der Waals surface area contributed by atoms with Crippen molar-refractivity contribution in [3.63, 3.8) is 0 Å². The molecule has 0 aliphatic heterocycles. The Morgan fingerprint density at radius 1 is 1.33 bits per heavy atom. The minimum atomic E-state index is -0.703. The van der Waals surface area contributed by atoms with Crippen molar-refractivity contribution in [3.8, 4) is 0 Å². The number of allylic oxidation sites excluding steroid dienone is 1. The van der Waals surface area contributed by atoms with Gasteiger partial charge in [0, 0.05) is 0 Å². The minimum absolute atomic E-state index is 0.231. The van der Waals surface area contributed by atoms with Gasteiger partial charge in [0.05, 0.1) is 6.42 Å². The van der Waals surface area contributed by atoms with Crippen molar-refractivity contribution in [2.75, 3.05) is 0 Å². The lowest BCUT2D eigenvalue weighted by Gasteiger charge is -2.16. The highest BCUT2D eigenvalue weighted by Gasteiger charge is 2.09. The van der Waals surface area contributed by atoms with Crippen LogP contribution >= 0.6 is 0 Å². The first-order valence-corrected chi connectivity index (χ1v) is 4.59. The van der Waals surface area contributed by atoms with Gasteiger partial charge in [0.25, 0.3) is 0 Å². The Balaban J connectivity index is 2.54. The molecule has 0 bridgehead atoms. The molecule has 0 aromatic rings. The van der Waals surface area contributed by atoms with Gasteiger partial charge in [0.2, 0.25) is 0 Å². The molecular weight excluding hydrogens is 152 g/mol. The van der Waals surface area contributed by atoms with Crippen molar-refractivity contribution in [2.45, 2.75) is 45.4 Å². The Kier molecular flexibility index (Phi) is 3.32. The van der Waals surface area contributed by atoms with E-state index in [9.17, 15) is 4.79 Å². The van der Waals surface area contributed by atoms with E-state index in [0.29, 0.717) is 0 Å². The average Bonchev–Trinajstić information content (AvgIpc) is 2.05. The first-order valence-electron chi connectivity index (χ1n) is 4.59. The van der Waals surface area contributed by atoms with Crippen LogP contribution in [0.25, 0.3) is 0 Å². The molecule has 1 saturated carbocycles. The van der Waals surface area contributed by atoms with Crippen LogP contribution in [0, 0.1) is 0 Å². The predicted molar refractivity (Wildman–Crippen MR) is 48.0 cm³/mol. The maximum atomic E-state index is 10.4. The van der Waals surface area contributed by atoms with E-state index >= 15 is 0 Å². The van der Waals surface area contributed by atoms with Gasteiger partial charge in [0.1, 0.15) is 0 Å². The normalized spacial score (nSPS) is 17.6. The Morgan fingerprint density at radius 2 is 1.92 bits per heavy atom. The quantitative estimate of drug-likeness (QED) is 0.644. The molecule has 0 aromatic heterocycles. The first-order chi connectivity index (χ1) is 5.70.